The van der Waals surface area contributed by atoms with E-state index in [9.17, 15) is 4.79 Å². The first-order valence-electron chi connectivity index (χ1n) is 9.72. The Labute approximate surface area is 183 Å². The van der Waals surface area contributed by atoms with E-state index in [1.54, 1.807) is 24.5 Å². The molecule has 0 amide bonds. The molecule has 0 aliphatic heterocycles. The summed E-state index contributed by atoms with van der Waals surface area (Å²) in [7, 11) is 0. The smallest absolute Gasteiger partial charge is 0.289 e. The highest BCUT2D eigenvalue weighted by molar-refractivity contribution is 6.30. The predicted molar refractivity (Wildman–Crippen MR) is 118 cm³/mol. The van der Waals surface area contributed by atoms with Crippen molar-refractivity contribution in [3.8, 4) is 11.5 Å². The number of nitrogens with zero attached hydrogens (tertiary/aromatic N) is 4. The van der Waals surface area contributed by atoms with Gasteiger partial charge in [-0.3, -0.25) is 9.78 Å². The molecule has 0 saturated carbocycles. The molecule has 3 aromatic heterocycles. The van der Waals surface area contributed by atoms with Crippen molar-refractivity contribution >= 4 is 28.3 Å². The average Bonchev–Trinajstić information content (AvgIpc) is 3.40. The van der Waals surface area contributed by atoms with Crippen LogP contribution in [0.3, 0.4) is 0 Å². The quantitative estimate of drug-likeness (QED) is 0.354. The number of hydrogen-bond acceptors (Lipinski definition) is 5. The van der Waals surface area contributed by atoms with Crippen molar-refractivity contribution in [2.75, 3.05) is 0 Å². The second-order valence-electron chi connectivity index (χ2n) is 7.17. The minimum atomic E-state index is -0.295. The van der Waals surface area contributed by atoms with Gasteiger partial charge in [0.15, 0.2) is 0 Å². The molecule has 5 rings (SSSR count). The molecule has 7 heteroatoms. The van der Waals surface area contributed by atoms with Gasteiger partial charge in [-0.2, -0.15) is 0 Å². The van der Waals surface area contributed by atoms with Gasteiger partial charge in [-0.05, 0) is 42.8 Å². The molecular weight excluding hydrogens is 412 g/mol. The molecule has 5 aromatic rings. The van der Waals surface area contributed by atoms with Gasteiger partial charge in [0.05, 0.1) is 5.56 Å². The summed E-state index contributed by atoms with van der Waals surface area (Å²) in [4.78, 5) is 17.4. The zero-order valence-corrected chi connectivity index (χ0v) is 17.4. The summed E-state index contributed by atoms with van der Waals surface area (Å²) in [5.41, 5.74) is 4.17. The molecule has 0 saturated heterocycles. The third-order valence-electron chi connectivity index (χ3n) is 5.26. The van der Waals surface area contributed by atoms with Gasteiger partial charge in [-0.15, -0.1) is 10.2 Å². The van der Waals surface area contributed by atoms with Gasteiger partial charge in [-0.25, -0.2) is 0 Å². The summed E-state index contributed by atoms with van der Waals surface area (Å²) in [6, 6.07) is 19.0. The number of para-hydroxylation sites is 1. The third kappa shape index (κ3) is 3.51. The van der Waals surface area contributed by atoms with Crippen LogP contribution in [0, 0.1) is 6.92 Å². The van der Waals surface area contributed by atoms with E-state index in [-0.39, 0.29) is 17.6 Å². The van der Waals surface area contributed by atoms with E-state index in [2.05, 4.69) is 19.7 Å². The lowest BCUT2D eigenvalue weighted by molar-refractivity contribution is 0.100. The number of hydrogen-bond donors (Lipinski definition) is 0. The van der Waals surface area contributed by atoms with Gasteiger partial charge in [0.2, 0.25) is 5.89 Å². The summed E-state index contributed by atoms with van der Waals surface area (Å²) >= 11 is 6.02. The van der Waals surface area contributed by atoms with Crippen molar-refractivity contribution in [1.29, 1.82) is 0 Å². The standard InChI is InChI=1S/C24H17ClN4O2/c1-15-21(22(30)24-28-27-23(31-24)17-10-12-26-13-11-17)19-4-2-3-5-20(19)29(15)14-16-6-8-18(25)9-7-16/h2-13H,14H2,1H3. The maximum atomic E-state index is 13.4. The highest BCUT2D eigenvalue weighted by Crippen LogP contribution is 2.29. The number of carbonyl (C=O) groups is 1. The molecule has 0 bridgehead atoms. The van der Waals surface area contributed by atoms with Crippen LogP contribution in [0.15, 0.2) is 77.5 Å². The largest absolute Gasteiger partial charge is 0.413 e. The highest BCUT2D eigenvalue weighted by atomic mass is 35.5. The summed E-state index contributed by atoms with van der Waals surface area (Å²) < 4.78 is 7.82. The normalized spacial score (nSPS) is 11.2. The van der Waals surface area contributed by atoms with Gasteiger partial charge in [0, 0.05) is 46.1 Å². The average molecular weight is 429 g/mol. The number of benzene rings is 2. The minimum absolute atomic E-state index is 0.0377. The summed E-state index contributed by atoms with van der Waals surface area (Å²) in [5, 5.41) is 9.59. The Kier molecular flexibility index (Phi) is 4.84. The lowest BCUT2D eigenvalue weighted by Gasteiger charge is -2.09. The van der Waals surface area contributed by atoms with Crippen molar-refractivity contribution in [2.24, 2.45) is 0 Å². The van der Waals surface area contributed by atoms with E-state index in [4.69, 9.17) is 16.0 Å². The Morgan fingerprint density at radius 2 is 1.74 bits per heavy atom. The SMILES string of the molecule is Cc1c(C(=O)c2nnc(-c3ccncc3)o2)c2ccccc2n1Cc1ccc(Cl)cc1. The Hall–Kier alpha value is -3.77. The third-order valence-corrected chi connectivity index (χ3v) is 5.51. The van der Waals surface area contributed by atoms with Crippen LogP contribution < -0.4 is 0 Å². The molecule has 0 aliphatic carbocycles. The predicted octanol–water partition coefficient (Wildman–Crippen LogP) is 5.33. The van der Waals surface area contributed by atoms with E-state index < -0.39 is 0 Å². The number of halogens is 1. The first kappa shape index (κ1) is 19.2. The molecule has 0 N–H and O–H groups in total. The summed E-state index contributed by atoms with van der Waals surface area (Å²) in [6.45, 7) is 2.55. The first-order valence-corrected chi connectivity index (χ1v) is 10.1. The molecule has 0 spiro atoms. The van der Waals surface area contributed by atoms with Crippen LogP contribution in [0.4, 0.5) is 0 Å². The van der Waals surface area contributed by atoms with E-state index >= 15 is 0 Å². The Morgan fingerprint density at radius 1 is 1.00 bits per heavy atom. The van der Waals surface area contributed by atoms with Gasteiger partial charge in [0.25, 0.3) is 11.7 Å². The fourth-order valence-electron chi connectivity index (χ4n) is 3.73. The number of ketones is 1. The second-order valence-corrected chi connectivity index (χ2v) is 7.60. The first-order chi connectivity index (χ1) is 15.1. The van der Waals surface area contributed by atoms with Crippen molar-refractivity contribution in [2.45, 2.75) is 13.5 Å². The van der Waals surface area contributed by atoms with Gasteiger partial charge in [0.1, 0.15) is 0 Å². The van der Waals surface area contributed by atoms with Crippen LogP contribution in [-0.4, -0.2) is 25.5 Å². The lowest BCUT2D eigenvalue weighted by Crippen LogP contribution is -2.06. The molecule has 3 heterocycles. The fourth-order valence-corrected chi connectivity index (χ4v) is 3.85. The maximum absolute atomic E-state index is 13.4. The Balaban J connectivity index is 1.57. The summed E-state index contributed by atoms with van der Waals surface area (Å²) in [6.07, 6.45) is 3.27. The molecule has 152 valence electrons. The number of fused-ring (bicyclic) bond motifs is 1. The molecule has 2 aromatic carbocycles. The lowest BCUT2D eigenvalue weighted by atomic mass is 10.1. The zero-order chi connectivity index (χ0) is 21.4. The second kappa shape index (κ2) is 7.81. The van der Waals surface area contributed by atoms with Crippen LogP contribution in [0.25, 0.3) is 22.4 Å². The minimum Gasteiger partial charge on any atom is -0.413 e. The van der Waals surface area contributed by atoms with E-state index in [1.807, 2.05) is 55.5 Å². The fraction of sp³-hybridized carbons (Fsp3) is 0.0833. The van der Waals surface area contributed by atoms with Crippen molar-refractivity contribution in [3.63, 3.8) is 0 Å². The van der Waals surface area contributed by atoms with Crippen molar-refractivity contribution in [1.82, 2.24) is 19.7 Å². The Bertz CT molecular complexity index is 1390. The molecular formula is C24H17ClN4O2. The van der Waals surface area contributed by atoms with Crippen LogP contribution in [0.2, 0.25) is 5.02 Å². The Morgan fingerprint density at radius 3 is 2.52 bits per heavy atom. The van der Waals surface area contributed by atoms with Crippen molar-refractivity contribution < 1.29 is 9.21 Å². The van der Waals surface area contributed by atoms with Crippen molar-refractivity contribution in [3.05, 3.63) is 101 Å². The molecule has 0 fully saturated rings. The van der Waals surface area contributed by atoms with Crippen LogP contribution in [0.5, 0.6) is 0 Å². The highest BCUT2D eigenvalue weighted by Gasteiger charge is 2.25. The van der Waals surface area contributed by atoms with Crippen LogP contribution >= 0.6 is 11.6 Å². The number of rotatable bonds is 5. The molecule has 0 radical (unpaired) electrons. The topological polar surface area (TPSA) is 73.8 Å². The van der Waals surface area contributed by atoms with Crippen LogP contribution in [-0.2, 0) is 6.54 Å². The molecule has 31 heavy (non-hydrogen) atoms. The van der Waals surface area contributed by atoms with Gasteiger partial charge >= 0.3 is 0 Å². The number of aromatic nitrogens is 4. The van der Waals surface area contributed by atoms with E-state index in [0.29, 0.717) is 22.7 Å². The van der Waals surface area contributed by atoms with Gasteiger partial charge in [-0.1, -0.05) is 41.9 Å². The molecule has 0 unspecified atom stereocenters. The monoisotopic (exact) mass is 428 g/mol. The maximum Gasteiger partial charge on any atom is 0.289 e. The summed E-state index contributed by atoms with van der Waals surface area (Å²) in [5.74, 6) is -0.0472. The van der Waals surface area contributed by atoms with E-state index in [0.717, 1.165) is 22.2 Å². The van der Waals surface area contributed by atoms with Gasteiger partial charge < -0.3 is 8.98 Å². The molecule has 0 atom stereocenters. The molecule has 0 aliphatic rings. The zero-order valence-electron chi connectivity index (χ0n) is 16.6. The number of carbonyl (C=O) groups excluding carboxylic acids is 1. The number of pyridine rings is 1. The van der Waals surface area contributed by atoms with E-state index in [1.165, 1.54) is 0 Å². The van der Waals surface area contributed by atoms with Crippen LogP contribution in [0.1, 0.15) is 27.5 Å². The molecule has 6 nitrogen and oxygen atoms in total.